The minimum absolute atomic E-state index is 0.0573. The van der Waals surface area contributed by atoms with Gasteiger partial charge in [0.25, 0.3) is 0 Å². The van der Waals surface area contributed by atoms with Crippen molar-refractivity contribution in [1.82, 2.24) is 0 Å². The van der Waals surface area contributed by atoms with Crippen molar-refractivity contribution >= 4 is 0 Å². The van der Waals surface area contributed by atoms with Gasteiger partial charge in [0.05, 0.1) is 0 Å². The molecular formula is C16H21F. The molecule has 0 nitrogen and oxygen atoms in total. The third-order valence-corrected chi connectivity index (χ3v) is 3.90. The average Bonchev–Trinajstić information content (AvgIpc) is 2.34. The van der Waals surface area contributed by atoms with Crippen molar-refractivity contribution in [1.29, 1.82) is 0 Å². The average molecular weight is 232 g/mol. The van der Waals surface area contributed by atoms with Gasteiger partial charge in [0.1, 0.15) is 5.82 Å². The van der Waals surface area contributed by atoms with E-state index in [0.717, 1.165) is 11.5 Å². The minimum atomic E-state index is -0.0573. The van der Waals surface area contributed by atoms with Crippen LogP contribution in [0.4, 0.5) is 4.39 Å². The van der Waals surface area contributed by atoms with Crippen LogP contribution >= 0.6 is 0 Å². The van der Waals surface area contributed by atoms with Gasteiger partial charge in [0.2, 0.25) is 0 Å². The number of benzene rings is 1. The van der Waals surface area contributed by atoms with Crippen molar-refractivity contribution in [3.8, 4) is 0 Å². The maximum Gasteiger partial charge on any atom is 0.126 e. The summed E-state index contributed by atoms with van der Waals surface area (Å²) in [5.74, 6) is 1.25. The lowest BCUT2D eigenvalue weighted by molar-refractivity contribution is 0.375. The fourth-order valence-corrected chi connectivity index (χ4v) is 2.78. The molecule has 0 bridgehead atoms. The summed E-state index contributed by atoms with van der Waals surface area (Å²) >= 11 is 0. The fourth-order valence-electron chi connectivity index (χ4n) is 2.78. The van der Waals surface area contributed by atoms with Gasteiger partial charge in [-0.05, 0) is 68.6 Å². The van der Waals surface area contributed by atoms with Gasteiger partial charge >= 0.3 is 0 Å². The van der Waals surface area contributed by atoms with E-state index in [4.69, 9.17) is 0 Å². The molecule has 0 unspecified atom stereocenters. The van der Waals surface area contributed by atoms with Crippen LogP contribution in [0, 0.1) is 18.7 Å². The van der Waals surface area contributed by atoms with Gasteiger partial charge in [0, 0.05) is 0 Å². The van der Waals surface area contributed by atoms with Crippen LogP contribution in [0.25, 0.3) is 0 Å². The fraction of sp³-hybridized carbons (Fsp3) is 0.500. The summed E-state index contributed by atoms with van der Waals surface area (Å²) in [6, 6.07) is 5.73. The summed E-state index contributed by atoms with van der Waals surface area (Å²) in [4.78, 5) is 0. The molecule has 0 heterocycles. The van der Waals surface area contributed by atoms with Gasteiger partial charge in [-0.3, -0.25) is 0 Å². The van der Waals surface area contributed by atoms with Crippen molar-refractivity contribution in [2.24, 2.45) is 5.92 Å². The Morgan fingerprint density at radius 2 is 1.88 bits per heavy atom. The maximum atomic E-state index is 13.5. The third-order valence-electron chi connectivity index (χ3n) is 3.90. The number of hydrogen-bond acceptors (Lipinski definition) is 0. The zero-order valence-electron chi connectivity index (χ0n) is 10.7. The number of aryl methyl sites for hydroxylation is 1. The predicted molar refractivity (Wildman–Crippen MR) is 70.7 cm³/mol. The number of allylic oxidation sites excluding steroid dienone is 2. The Hall–Kier alpha value is -1.11. The highest BCUT2D eigenvalue weighted by atomic mass is 19.1. The van der Waals surface area contributed by atoms with Crippen molar-refractivity contribution in [3.05, 3.63) is 47.3 Å². The van der Waals surface area contributed by atoms with Gasteiger partial charge in [0.15, 0.2) is 0 Å². The van der Waals surface area contributed by atoms with Gasteiger partial charge in [-0.1, -0.05) is 24.3 Å². The monoisotopic (exact) mass is 232 g/mol. The molecule has 1 heteroatoms. The second-order valence-electron chi connectivity index (χ2n) is 5.15. The highest BCUT2D eigenvalue weighted by Gasteiger charge is 2.21. The van der Waals surface area contributed by atoms with Crippen molar-refractivity contribution < 1.29 is 4.39 Å². The second-order valence-corrected chi connectivity index (χ2v) is 5.15. The normalized spacial score (nSPS) is 25.4. The topological polar surface area (TPSA) is 0 Å². The first-order chi connectivity index (χ1) is 8.20. The smallest absolute Gasteiger partial charge is 0.126 e. The van der Waals surface area contributed by atoms with Gasteiger partial charge in [-0.2, -0.15) is 0 Å². The van der Waals surface area contributed by atoms with Crippen LogP contribution in [0.5, 0.6) is 0 Å². The molecule has 0 amide bonds. The molecule has 0 aromatic heterocycles. The lowest BCUT2D eigenvalue weighted by atomic mass is 9.78. The molecule has 0 radical (unpaired) electrons. The lowest BCUT2D eigenvalue weighted by Crippen LogP contribution is -2.11. The molecule has 0 aliphatic heterocycles. The Morgan fingerprint density at radius 1 is 1.18 bits per heavy atom. The lowest BCUT2D eigenvalue weighted by Gasteiger charge is -2.27. The summed E-state index contributed by atoms with van der Waals surface area (Å²) in [6.45, 7) is 3.91. The van der Waals surface area contributed by atoms with E-state index in [1.165, 1.54) is 31.2 Å². The Morgan fingerprint density at radius 3 is 2.47 bits per heavy atom. The van der Waals surface area contributed by atoms with Crippen molar-refractivity contribution in [2.45, 2.75) is 45.4 Å². The van der Waals surface area contributed by atoms with Crippen LogP contribution in [0.3, 0.4) is 0 Å². The quantitative estimate of drug-likeness (QED) is 0.630. The SMILES string of the molecule is C/C=C/C1CCC(c2ccc(C)c(F)c2)CC1. The van der Waals surface area contributed by atoms with Crippen LogP contribution in [0.15, 0.2) is 30.4 Å². The van der Waals surface area contributed by atoms with E-state index in [0.29, 0.717) is 5.92 Å². The molecule has 0 N–H and O–H groups in total. The Bertz CT molecular complexity index is 398. The molecule has 1 aromatic carbocycles. The summed E-state index contributed by atoms with van der Waals surface area (Å²) in [5, 5.41) is 0. The van der Waals surface area contributed by atoms with E-state index < -0.39 is 0 Å². The first-order valence-corrected chi connectivity index (χ1v) is 6.59. The van der Waals surface area contributed by atoms with Crippen LogP contribution in [0.2, 0.25) is 0 Å². The number of rotatable bonds is 2. The molecule has 92 valence electrons. The molecule has 17 heavy (non-hydrogen) atoms. The molecule has 2 rings (SSSR count). The number of hydrogen-bond donors (Lipinski definition) is 0. The zero-order chi connectivity index (χ0) is 12.3. The molecule has 1 saturated carbocycles. The van der Waals surface area contributed by atoms with Gasteiger partial charge < -0.3 is 0 Å². The van der Waals surface area contributed by atoms with Crippen molar-refractivity contribution in [2.75, 3.05) is 0 Å². The highest BCUT2D eigenvalue weighted by Crippen LogP contribution is 2.36. The van der Waals surface area contributed by atoms with E-state index >= 15 is 0 Å². The van der Waals surface area contributed by atoms with Crippen LogP contribution in [-0.4, -0.2) is 0 Å². The van der Waals surface area contributed by atoms with Crippen LogP contribution in [-0.2, 0) is 0 Å². The minimum Gasteiger partial charge on any atom is -0.207 e. The number of halogens is 1. The Balaban J connectivity index is 2.02. The maximum absolute atomic E-state index is 13.5. The molecule has 0 spiro atoms. The van der Waals surface area contributed by atoms with E-state index in [9.17, 15) is 4.39 Å². The largest absolute Gasteiger partial charge is 0.207 e. The molecule has 0 atom stereocenters. The van der Waals surface area contributed by atoms with E-state index in [-0.39, 0.29) is 5.82 Å². The molecule has 1 fully saturated rings. The Kier molecular flexibility index (Phi) is 3.98. The van der Waals surface area contributed by atoms with Crippen LogP contribution < -0.4 is 0 Å². The summed E-state index contributed by atoms with van der Waals surface area (Å²) in [5.41, 5.74) is 1.93. The molecule has 1 aromatic rings. The first-order valence-electron chi connectivity index (χ1n) is 6.59. The standard InChI is InChI=1S/C16H21F/c1-3-4-13-6-9-14(10-7-13)15-8-5-12(2)16(17)11-15/h3-5,8,11,13-14H,6-7,9-10H2,1-2H3/b4-3+. The molecule has 0 saturated heterocycles. The van der Waals surface area contributed by atoms with Crippen LogP contribution in [0.1, 0.15) is 49.7 Å². The third kappa shape index (κ3) is 2.96. The zero-order valence-corrected chi connectivity index (χ0v) is 10.7. The summed E-state index contributed by atoms with van der Waals surface area (Å²) in [7, 11) is 0. The molecular weight excluding hydrogens is 211 g/mol. The van der Waals surface area contributed by atoms with Crippen molar-refractivity contribution in [3.63, 3.8) is 0 Å². The Labute approximate surface area is 104 Å². The summed E-state index contributed by atoms with van der Waals surface area (Å²) < 4.78 is 13.5. The van der Waals surface area contributed by atoms with E-state index in [2.05, 4.69) is 25.1 Å². The highest BCUT2D eigenvalue weighted by molar-refractivity contribution is 5.26. The summed E-state index contributed by atoms with van der Waals surface area (Å²) in [6.07, 6.45) is 9.33. The van der Waals surface area contributed by atoms with E-state index in [1.807, 2.05) is 13.0 Å². The van der Waals surface area contributed by atoms with Gasteiger partial charge in [-0.15, -0.1) is 0 Å². The van der Waals surface area contributed by atoms with Gasteiger partial charge in [-0.25, -0.2) is 4.39 Å². The first kappa shape index (κ1) is 12.3. The molecule has 1 aliphatic rings. The second kappa shape index (κ2) is 5.48. The van der Waals surface area contributed by atoms with E-state index in [1.54, 1.807) is 6.07 Å². The predicted octanol–water partition coefficient (Wildman–Crippen LogP) is 4.98. The molecule has 1 aliphatic carbocycles.